The Morgan fingerprint density at radius 1 is 1.42 bits per heavy atom. The molecule has 0 aromatic carbocycles. The van der Waals surface area contributed by atoms with Crippen molar-refractivity contribution in [2.75, 3.05) is 26.8 Å². The van der Waals surface area contributed by atoms with Gasteiger partial charge < -0.3 is 9.84 Å². The number of carboxylic acids is 1. The minimum atomic E-state index is -0.895. The van der Waals surface area contributed by atoms with Crippen LogP contribution in [0.25, 0.3) is 0 Å². The second-order valence-corrected chi connectivity index (χ2v) is 5.61. The summed E-state index contributed by atoms with van der Waals surface area (Å²) in [6, 6.07) is 0.329. The quantitative estimate of drug-likeness (QED) is 0.633. The van der Waals surface area contributed by atoms with Crippen LogP contribution in [-0.2, 0) is 9.53 Å². The van der Waals surface area contributed by atoms with E-state index < -0.39 is 11.5 Å². The van der Waals surface area contributed by atoms with Crippen LogP contribution in [0.3, 0.4) is 0 Å². The van der Waals surface area contributed by atoms with Gasteiger partial charge >= 0.3 is 5.97 Å². The van der Waals surface area contributed by atoms with Crippen LogP contribution < -0.4 is 5.32 Å². The van der Waals surface area contributed by atoms with Crippen LogP contribution in [0.15, 0.2) is 0 Å². The summed E-state index contributed by atoms with van der Waals surface area (Å²) in [5.74, 6) is -0.796. The van der Waals surface area contributed by atoms with E-state index in [4.69, 9.17) is 4.74 Å². The van der Waals surface area contributed by atoms with Crippen molar-refractivity contribution in [3.05, 3.63) is 0 Å². The molecule has 0 saturated heterocycles. The van der Waals surface area contributed by atoms with E-state index in [2.05, 4.69) is 24.1 Å². The Morgan fingerprint density at radius 3 is 2.37 bits per heavy atom. The lowest BCUT2D eigenvalue weighted by Crippen LogP contribution is -2.55. The molecule has 0 rings (SSSR count). The van der Waals surface area contributed by atoms with E-state index in [1.807, 2.05) is 13.8 Å². The molecule has 2 unspecified atom stereocenters. The molecule has 5 nitrogen and oxygen atoms in total. The first kappa shape index (κ1) is 18.4. The van der Waals surface area contributed by atoms with Crippen molar-refractivity contribution in [3.63, 3.8) is 0 Å². The maximum absolute atomic E-state index is 11.5. The number of rotatable bonds is 10. The molecule has 2 atom stereocenters. The molecule has 0 saturated carbocycles. The van der Waals surface area contributed by atoms with Crippen LogP contribution in [0.1, 0.15) is 41.0 Å². The molecular weight excluding hydrogens is 244 g/mol. The summed E-state index contributed by atoms with van der Waals surface area (Å²) in [5.41, 5.74) is -0.895. The van der Waals surface area contributed by atoms with Crippen molar-refractivity contribution in [2.24, 2.45) is 0 Å². The summed E-state index contributed by atoms with van der Waals surface area (Å²) in [6.45, 7) is 12.2. The van der Waals surface area contributed by atoms with Gasteiger partial charge in [0.2, 0.25) is 0 Å². The Bertz CT molecular complexity index is 271. The average molecular weight is 274 g/mol. The molecule has 0 amide bonds. The molecule has 0 aromatic heterocycles. The highest BCUT2D eigenvalue weighted by molar-refractivity contribution is 5.78. The maximum Gasteiger partial charge on any atom is 0.323 e. The van der Waals surface area contributed by atoms with Crippen molar-refractivity contribution in [3.8, 4) is 0 Å². The number of hydrogen-bond donors (Lipinski definition) is 2. The summed E-state index contributed by atoms with van der Waals surface area (Å²) in [6.07, 6.45) is 0.568. The smallest absolute Gasteiger partial charge is 0.323 e. The Hall–Kier alpha value is -0.650. The zero-order chi connectivity index (χ0) is 15.1. The lowest BCUT2D eigenvalue weighted by Gasteiger charge is -2.35. The van der Waals surface area contributed by atoms with Gasteiger partial charge in [-0.25, -0.2) is 0 Å². The van der Waals surface area contributed by atoms with E-state index in [0.29, 0.717) is 13.0 Å². The molecule has 0 aliphatic rings. The minimum absolute atomic E-state index is 0.141. The highest BCUT2D eigenvalue weighted by Gasteiger charge is 2.36. The Labute approximate surface area is 117 Å². The summed E-state index contributed by atoms with van der Waals surface area (Å²) >= 11 is 0. The monoisotopic (exact) mass is 274 g/mol. The first-order valence-electron chi connectivity index (χ1n) is 7.00. The van der Waals surface area contributed by atoms with Crippen LogP contribution in [-0.4, -0.2) is 60.4 Å². The number of nitrogens with one attached hydrogen (secondary N) is 1. The molecule has 0 aliphatic carbocycles. The Balaban J connectivity index is 4.68. The van der Waals surface area contributed by atoms with E-state index >= 15 is 0 Å². The molecule has 2 N–H and O–H groups in total. The second kappa shape index (κ2) is 8.51. The van der Waals surface area contributed by atoms with Crippen LogP contribution in [0, 0.1) is 0 Å². The van der Waals surface area contributed by atoms with Gasteiger partial charge in [-0.15, -0.1) is 0 Å². The average Bonchev–Trinajstić information content (AvgIpc) is 2.28. The van der Waals surface area contributed by atoms with E-state index in [1.54, 1.807) is 14.0 Å². The summed E-state index contributed by atoms with van der Waals surface area (Å²) in [7, 11) is 1.68. The first-order valence-corrected chi connectivity index (χ1v) is 7.00. The van der Waals surface area contributed by atoms with E-state index in [-0.39, 0.29) is 12.1 Å². The number of ether oxygens (including phenoxy) is 1. The summed E-state index contributed by atoms with van der Waals surface area (Å²) in [5, 5.41) is 12.6. The molecule has 0 bridgehead atoms. The zero-order valence-corrected chi connectivity index (χ0v) is 13.2. The molecule has 0 radical (unpaired) electrons. The minimum Gasteiger partial charge on any atom is -0.480 e. The number of hydrogen-bond acceptors (Lipinski definition) is 4. The predicted molar refractivity (Wildman–Crippen MR) is 77.5 cm³/mol. The van der Waals surface area contributed by atoms with Gasteiger partial charge in [-0.3, -0.25) is 15.0 Å². The predicted octanol–water partition coefficient (Wildman–Crippen LogP) is 1.57. The Kier molecular flexibility index (Phi) is 8.22. The van der Waals surface area contributed by atoms with E-state index in [1.165, 1.54) is 0 Å². The third kappa shape index (κ3) is 6.36. The SMILES string of the molecule is CCN(CCOC)C(C)CC(C)(NC(C)C)C(=O)O. The fourth-order valence-electron chi connectivity index (χ4n) is 2.46. The van der Waals surface area contributed by atoms with E-state index in [9.17, 15) is 9.90 Å². The molecule has 0 aliphatic heterocycles. The van der Waals surface area contributed by atoms with Gasteiger partial charge in [0.25, 0.3) is 0 Å². The lowest BCUT2D eigenvalue weighted by atomic mass is 9.92. The van der Waals surface area contributed by atoms with Gasteiger partial charge in [-0.05, 0) is 40.7 Å². The largest absolute Gasteiger partial charge is 0.480 e. The number of carbonyl (C=O) groups is 1. The summed E-state index contributed by atoms with van der Waals surface area (Å²) < 4.78 is 5.09. The maximum atomic E-state index is 11.5. The van der Waals surface area contributed by atoms with Gasteiger partial charge in [0.1, 0.15) is 5.54 Å². The van der Waals surface area contributed by atoms with Crippen molar-refractivity contribution >= 4 is 5.97 Å². The highest BCUT2D eigenvalue weighted by Crippen LogP contribution is 2.17. The van der Waals surface area contributed by atoms with Crippen molar-refractivity contribution in [1.29, 1.82) is 0 Å². The number of methoxy groups -OCH3 is 1. The molecular formula is C14H30N2O3. The first-order chi connectivity index (χ1) is 8.76. The lowest BCUT2D eigenvalue weighted by molar-refractivity contribution is -0.145. The number of aliphatic carboxylic acids is 1. The summed E-state index contributed by atoms with van der Waals surface area (Å²) in [4.78, 5) is 13.8. The molecule has 0 fully saturated rings. The van der Waals surface area contributed by atoms with Crippen molar-refractivity contribution in [2.45, 2.75) is 58.7 Å². The third-order valence-electron chi connectivity index (χ3n) is 3.40. The normalized spacial score (nSPS) is 16.6. The number of carboxylic acid groups (broad SMARTS) is 1. The van der Waals surface area contributed by atoms with Gasteiger partial charge in [0.05, 0.1) is 6.61 Å². The molecule has 0 aromatic rings. The molecule has 19 heavy (non-hydrogen) atoms. The topological polar surface area (TPSA) is 61.8 Å². The molecule has 114 valence electrons. The van der Waals surface area contributed by atoms with Crippen LogP contribution in [0.2, 0.25) is 0 Å². The van der Waals surface area contributed by atoms with Crippen molar-refractivity contribution < 1.29 is 14.6 Å². The molecule has 0 heterocycles. The van der Waals surface area contributed by atoms with Crippen molar-refractivity contribution in [1.82, 2.24) is 10.2 Å². The number of nitrogens with zero attached hydrogens (tertiary/aromatic N) is 1. The van der Waals surface area contributed by atoms with Crippen LogP contribution >= 0.6 is 0 Å². The van der Waals surface area contributed by atoms with E-state index in [0.717, 1.165) is 13.1 Å². The standard InChI is InChI=1S/C14H30N2O3/c1-7-16(8-9-19-6)12(4)10-14(5,13(17)18)15-11(2)3/h11-12,15H,7-10H2,1-6H3,(H,17,18). The van der Waals surface area contributed by atoms with Gasteiger partial charge in [0.15, 0.2) is 0 Å². The van der Waals surface area contributed by atoms with Crippen LogP contribution in [0.5, 0.6) is 0 Å². The van der Waals surface area contributed by atoms with Gasteiger partial charge in [0, 0.05) is 25.7 Å². The van der Waals surface area contributed by atoms with Gasteiger partial charge in [-0.1, -0.05) is 6.92 Å². The molecule has 0 spiro atoms. The van der Waals surface area contributed by atoms with Gasteiger partial charge in [-0.2, -0.15) is 0 Å². The second-order valence-electron chi connectivity index (χ2n) is 5.61. The molecule has 5 heteroatoms. The Morgan fingerprint density at radius 2 is 2.00 bits per heavy atom. The third-order valence-corrected chi connectivity index (χ3v) is 3.40. The number of likely N-dealkylation sites (N-methyl/N-ethyl adjacent to an activating group) is 1. The fourth-order valence-corrected chi connectivity index (χ4v) is 2.46. The zero-order valence-electron chi connectivity index (χ0n) is 13.2. The highest BCUT2D eigenvalue weighted by atomic mass is 16.5. The van der Waals surface area contributed by atoms with Crippen LogP contribution in [0.4, 0.5) is 0 Å². The fraction of sp³-hybridized carbons (Fsp3) is 0.929.